The third kappa shape index (κ3) is 3.35. The van der Waals surface area contributed by atoms with Crippen molar-refractivity contribution in [1.29, 1.82) is 5.26 Å². The Morgan fingerprint density at radius 2 is 2.31 bits per heavy atom. The van der Waals surface area contributed by atoms with Crippen molar-refractivity contribution in [3.05, 3.63) is 18.0 Å². The zero-order chi connectivity index (χ0) is 12.0. The van der Waals surface area contributed by atoms with Gasteiger partial charge in [-0.1, -0.05) is 6.92 Å². The number of hydrogen-bond donors (Lipinski definition) is 1. The van der Waals surface area contributed by atoms with Crippen LogP contribution in [0.4, 0.5) is 0 Å². The largest absolute Gasteiger partial charge is 0.306 e. The molecule has 0 aliphatic rings. The van der Waals surface area contributed by atoms with Crippen LogP contribution in [0.2, 0.25) is 0 Å². The van der Waals surface area contributed by atoms with Gasteiger partial charge in [-0.15, -0.1) is 0 Å². The van der Waals surface area contributed by atoms with E-state index < -0.39 is 0 Å². The summed E-state index contributed by atoms with van der Waals surface area (Å²) in [4.78, 5) is 0. The summed E-state index contributed by atoms with van der Waals surface area (Å²) in [5.74, 6) is 0. The third-order valence-corrected chi connectivity index (χ3v) is 2.79. The Labute approximate surface area is 97.3 Å². The molecule has 1 aromatic heterocycles. The normalized spacial score (nSPS) is 14.4. The fourth-order valence-corrected chi connectivity index (χ4v) is 1.66. The average Bonchev–Trinajstić information content (AvgIpc) is 2.76. The molecule has 2 atom stereocenters. The predicted molar refractivity (Wildman–Crippen MR) is 63.8 cm³/mol. The summed E-state index contributed by atoms with van der Waals surface area (Å²) in [7, 11) is 0. The molecule has 1 aromatic rings. The Kier molecular flexibility index (Phi) is 5.00. The van der Waals surface area contributed by atoms with Crippen LogP contribution >= 0.6 is 0 Å². The van der Waals surface area contributed by atoms with E-state index in [9.17, 15) is 0 Å². The van der Waals surface area contributed by atoms with Crippen LogP contribution < -0.4 is 5.32 Å². The molecule has 0 aliphatic heterocycles. The standard InChI is InChI=1S/C12H20N4/c1-4-12(6-7-13)15-10(3)11-8-14-16(5-2)9-11/h8-10,12,15H,4-6H2,1-3H3. The second-order valence-corrected chi connectivity index (χ2v) is 3.99. The molecule has 0 saturated carbocycles. The summed E-state index contributed by atoms with van der Waals surface area (Å²) >= 11 is 0. The summed E-state index contributed by atoms with van der Waals surface area (Å²) in [5.41, 5.74) is 1.18. The van der Waals surface area contributed by atoms with Crippen LogP contribution in [-0.2, 0) is 6.54 Å². The van der Waals surface area contributed by atoms with Crippen LogP contribution in [0.3, 0.4) is 0 Å². The average molecular weight is 220 g/mol. The number of aryl methyl sites for hydroxylation is 1. The molecule has 0 saturated heterocycles. The number of nitrogens with one attached hydrogen (secondary N) is 1. The molecule has 0 amide bonds. The lowest BCUT2D eigenvalue weighted by Crippen LogP contribution is -2.30. The highest BCUT2D eigenvalue weighted by molar-refractivity contribution is 5.09. The Morgan fingerprint density at radius 1 is 1.56 bits per heavy atom. The van der Waals surface area contributed by atoms with E-state index >= 15 is 0 Å². The number of nitriles is 1. The highest BCUT2D eigenvalue weighted by Crippen LogP contribution is 2.13. The van der Waals surface area contributed by atoms with E-state index in [1.54, 1.807) is 0 Å². The van der Waals surface area contributed by atoms with Gasteiger partial charge in [-0.3, -0.25) is 4.68 Å². The smallest absolute Gasteiger partial charge is 0.0638 e. The first-order valence-electron chi connectivity index (χ1n) is 5.86. The molecule has 1 heterocycles. The Bertz CT molecular complexity index is 350. The number of aromatic nitrogens is 2. The lowest BCUT2D eigenvalue weighted by Gasteiger charge is -2.19. The van der Waals surface area contributed by atoms with Crippen molar-refractivity contribution in [2.24, 2.45) is 0 Å². The molecule has 0 aromatic carbocycles. The SMILES string of the molecule is CCC(CC#N)NC(C)c1cnn(CC)c1. The van der Waals surface area contributed by atoms with Gasteiger partial charge in [0.1, 0.15) is 0 Å². The first-order valence-corrected chi connectivity index (χ1v) is 5.86. The summed E-state index contributed by atoms with van der Waals surface area (Å²) in [6, 6.07) is 2.73. The van der Waals surface area contributed by atoms with Crippen molar-refractivity contribution < 1.29 is 0 Å². The van der Waals surface area contributed by atoms with E-state index in [-0.39, 0.29) is 12.1 Å². The van der Waals surface area contributed by atoms with Gasteiger partial charge in [0.25, 0.3) is 0 Å². The van der Waals surface area contributed by atoms with E-state index in [0.717, 1.165) is 13.0 Å². The molecule has 0 radical (unpaired) electrons. The predicted octanol–water partition coefficient (Wildman–Crippen LogP) is 2.25. The molecule has 4 nitrogen and oxygen atoms in total. The van der Waals surface area contributed by atoms with Crippen molar-refractivity contribution in [3.63, 3.8) is 0 Å². The topological polar surface area (TPSA) is 53.6 Å². The molecule has 0 fully saturated rings. The molecular weight excluding hydrogens is 200 g/mol. The van der Waals surface area contributed by atoms with Gasteiger partial charge in [0, 0.05) is 30.4 Å². The number of rotatable bonds is 6. The van der Waals surface area contributed by atoms with Crippen molar-refractivity contribution in [2.45, 2.75) is 52.2 Å². The minimum Gasteiger partial charge on any atom is -0.306 e. The van der Waals surface area contributed by atoms with Crippen LogP contribution in [0.1, 0.15) is 45.2 Å². The van der Waals surface area contributed by atoms with Gasteiger partial charge in [-0.25, -0.2) is 0 Å². The van der Waals surface area contributed by atoms with Gasteiger partial charge in [-0.05, 0) is 20.3 Å². The quantitative estimate of drug-likeness (QED) is 0.800. The third-order valence-electron chi connectivity index (χ3n) is 2.79. The van der Waals surface area contributed by atoms with Crippen LogP contribution in [0.25, 0.3) is 0 Å². The monoisotopic (exact) mass is 220 g/mol. The lowest BCUT2D eigenvalue weighted by molar-refractivity contribution is 0.447. The van der Waals surface area contributed by atoms with Crippen molar-refractivity contribution in [2.75, 3.05) is 0 Å². The zero-order valence-corrected chi connectivity index (χ0v) is 10.3. The maximum absolute atomic E-state index is 8.69. The van der Waals surface area contributed by atoms with Gasteiger partial charge in [0.05, 0.1) is 18.7 Å². The zero-order valence-electron chi connectivity index (χ0n) is 10.3. The van der Waals surface area contributed by atoms with E-state index in [1.807, 2.05) is 10.9 Å². The summed E-state index contributed by atoms with van der Waals surface area (Å²) < 4.78 is 1.92. The molecule has 2 unspecified atom stereocenters. The highest BCUT2D eigenvalue weighted by Gasteiger charge is 2.12. The Morgan fingerprint density at radius 3 is 2.81 bits per heavy atom. The number of nitrogens with zero attached hydrogens (tertiary/aromatic N) is 3. The second-order valence-electron chi connectivity index (χ2n) is 3.99. The van der Waals surface area contributed by atoms with Gasteiger partial charge in [0.2, 0.25) is 0 Å². The molecule has 1 rings (SSSR count). The lowest BCUT2D eigenvalue weighted by atomic mass is 10.1. The fourth-order valence-electron chi connectivity index (χ4n) is 1.66. The van der Waals surface area contributed by atoms with E-state index in [2.05, 4.69) is 43.5 Å². The second kappa shape index (κ2) is 6.29. The van der Waals surface area contributed by atoms with Gasteiger partial charge < -0.3 is 5.32 Å². The molecule has 1 N–H and O–H groups in total. The minimum atomic E-state index is 0.249. The fraction of sp³-hybridized carbons (Fsp3) is 0.667. The molecule has 4 heteroatoms. The first-order chi connectivity index (χ1) is 7.71. The summed E-state index contributed by atoms with van der Waals surface area (Å²) in [6.45, 7) is 7.16. The minimum absolute atomic E-state index is 0.249. The van der Waals surface area contributed by atoms with Crippen molar-refractivity contribution in [1.82, 2.24) is 15.1 Å². The maximum Gasteiger partial charge on any atom is 0.0638 e. The van der Waals surface area contributed by atoms with E-state index in [0.29, 0.717) is 6.42 Å². The highest BCUT2D eigenvalue weighted by atomic mass is 15.3. The number of hydrogen-bond acceptors (Lipinski definition) is 3. The van der Waals surface area contributed by atoms with Gasteiger partial charge >= 0.3 is 0 Å². The van der Waals surface area contributed by atoms with Crippen LogP contribution in [0.15, 0.2) is 12.4 Å². The molecule has 16 heavy (non-hydrogen) atoms. The molecule has 0 spiro atoms. The van der Waals surface area contributed by atoms with Crippen molar-refractivity contribution >= 4 is 0 Å². The van der Waals surface area contributed by atoms with Crippen LogP contribution in [-0.4, -0.2) is 15.8 Å². The molecule has 0 bridgehead atoms. The Balaban J connectivity index is 2.57. The molecule has 0 aliphatic carbocycles. The first kappa shape index (κ1) is 12.7. The maximum atomic E-state index is 8.69. The van der Waals surface area contributed by atoms with E-state index in [1.165, 1.54) is 5.56 Å². The summed E-state index contributed by atoms with van der Waals surface area (Å²) in [5, 5.41) is 16.4. The molecule has 88 valence electrons. The summed E-state index contributed by atoms with van der Waals surface area (Å²) in [6.07, 6.45) is 5.47. The van der Waals surface area contributed by atoms with Gasteiger partial charge in [0.15, 0.2) is 0 Å². The van der Waals surface area contributed by atoms with Crippen LogP contribution in [0, 0.1) is 11.3 Å². The van der Waals surface area contributed by atoms with Crippen LogP contribution in [0.5, 0.6) is 0 Å². The molecular formula is C12H20N4. The van der Waals surface area contributed by atoms with Crippen molar-refractivity contribution in [3.8, 4) is 6.07 Å². The van der Waals surface area contributed by atoms with E-state index in [4.69, 9.17) is 5.26 Å². The Hall–Kier alpha value is -1.34. The van der Waals surface area contributed by atoms with Gasteiger partial charge in [-0.2, -0.15) is 10.4 Å².